The SMILES string of the molecule is [C-]#[N+]c1cc(-c2ccc(-n3c4ccccc4c4ccc(-n5c6ccccc6c6ccccc65)cc43)cc2)ccc1-n1c2ccccc2c2c([N+]#[C-])cccc21. The lowest BCUT2D eigenvalue weighted by Gasteiger charge is -2.13. The van der Waals surface area contributed by atoms with Crippen molar-refractivity contribution in [3.05, 3.63) is 199 Å². The highest BCUT2D eigenvalue weighted by Crippen LogP contribution is 2.42. The van der Waals surface area contributed by atoms with Crippen LogP contribution in [0.2, 0.25) is 0 Å². The molecule has 5 heteroatoms. The molecule has 0 aliphatic rings. The van der Waals surface area contributed by atoms with Crippen molar-refractivity contribution >= 4 is 76.8 Å². The van der Waals surface area contributed by atoms with Crippen molar-refractivity contribution in [1.82, 2.24) is 13.7 Å². The van der Waals surface area contributed by atoms with Crippen molar-refractivity contribution in [1.29, 1.82) is 0 Å². The van der Waals surface area contributed by atoms with Gasteiger partial charge in [-0.1, -0.05) is 109 Å². The van der Waals surface area contributed by atoms with Crippen molar-refractivity contribution < 1.29 is 0 Å². The summed E-state index contributed by atoms with van der Waals surface area (Å²) in [4.78, 5) is 7.85. The number of hydrogen-bond acceptors (Lipinski definition) is 0. The monoisotopic (exact) mass is 699 g/mol. The van der Waals surface area contributed by atoms with Gasteiger partial charge in [0, 0.05) is 43.8 Å². The average Bonchev–Trinajstić information content (AvgIpc) is 3.89. The lowest BCUT2D eigenvalue weighted by atomic mass is 10.0. The normalized spacial score (nSPS) is 11.6. The van der Waals surface area contributed by atoms with E-state index in [1.165, 1.54) is 32.6 Å². The molecule has 0 spiro atoms. The van der Waals surface area contributed by atoms with Gasteiger partial charge in [0.1, 0.15) is 0 Å². The van der Waals surface area contributed by atoms with E-state index in [0.29, 0.717) is 11.4 Å². The quantitative estimate of drug-likeness (QED) is 0.163. The molecule has 3 heterocycles. The fourth-order valence-electron chi connectivity index (χ4n) is 8.71. The first-order chi connectivity index (χ1) is 27.2. The second-order valence-corrected chi connectivity index (χ2v) is 13.9. The molecular weight excluding hydrogens is 671 g/mol. The van der Waals surface area contributed by atoms with Gasteiger partial charge in [0.25, 0.3) is 0 Å². The zero-order valence-corrected chi connectivity index (χ0v) is 29.5. The van der Waals surface area contributed by atoms with Gasteiger partial charge in [0.15, 0.2) is 5.69 Å². The zero-order valence-electron chi connectivity index (χ0n) is 29.5. The molecule has 0 saturated carbocycles. The van der Waals surface area contributed by atoms with Crippen LogP contribution in [0.4, 0.5) is 11.4 Å². The van der Waals surface area contributed by atoms with Gasteiger partial charge in [-0.15, -0.1) is 0 Å². The predicted molar refractivity (Wildman–Crippen MR) is 227 cm³/mol. The van der Waals surface area contributed by atoms with E-state index in [-0.39, 0.29) is 0 Å². The molecule has 0 aliphatic heterocycles. The van der Waals surface area contributed by atoms with Crippen LogP contribution in [0.25, 0.3) is 103 Å². The van der Waals surface area contributed by atoms with Crippen LogP contribution in [0.1, 0.15) is 0 Å². The number of benzene rings is 8. The summed E-state index contributed by atoms with van der Waals surface area (Å²) >= 11 is 0. The molecule has 0 amide bonds. The fraction of sp³-hybridized carbons (Fsp3) is 0. The maximum absolute atomic E-state index is 8.24. The molecule has 55 heavy (non-hydrogen) atoms. The summed E-state index contributed by atoms with van der Waals surface area (Å²) in [6.45, 7) is 16.1. The Morgan fingerprint density at radius 1 is 0.327 bits per heavy atom. The molecule has 254 valence electrons. The van der Waals surface area contributed by atoms with Gasteiger partial charge in [0.2, 0.25) is 5.69 Å². The highest BCUT2D eigenvalue weighted by molar-refractivity contribution is 6.16. The van der Waals surface area contributed by atoms with Gasteiger partial charge in [-0.3, -0.25) is 0 Å². The third kappa shape index (κ3) is 4.45. The number of rotatable bonds is 4. The van der Waals surface area contributed by atoms with E-state index in [0.717, 1.165) is 61.0 Å². The molecule has 0 aliphatic carbocycles. The second kappa shape index (κ2) is 11.8. The number of fused-ring (bicyclic) bond motifs is 9. The summed E-state index contributed by atoms with van der Waals surface area (Å²) < 4.78 is 6.85. The topological polar surface area (TPSA) is 23.5 Å². The van der Waals surface area contributed by atoms with Crippen LogP contribution in [0.3, 0.4) is 0 Å². The molecule has 0 atom stereocenters. The Bertz CT molecular complexity index is 3400. The third-order valence-electron chi connectivity index (χ3n) is 11.1. The van der Waals surface area contributed by atoms with Crippen LogP contribution >= 0.6 is 0 Å². The summed E-state index contributed by atoms with van der Waals surface area (Å²) in [5.74, 6) is 0. The molecule has 0 unspecified atom stereocenters. The maximum Gasteiger partial charge on any atom is 0.211 e. The van der Waals surface area contributed by atoms with Gasteiger partial charge >= 0.3 is 0 Å². The van der Waals surface area contributed by atoms with Crippen LogP contribution in [0, 0.1) is 13.1 Å². The van der Waals surface area contributed by atoms with Crippen molar-refractivity contribution in [3.8, 4) is 28.2 Å². The van der Waals surface area contributed by atoms with Crippen LogP contribution in [-0.2, 0) is 0 Å². The molecular formula is C50H29N5. The maximum atomic E-state index is 8.24. The first-order valence-corrected chi connectivity index (χ1v) is 18.3. The number of nitrogens with zero attached hydrogens (tertiary/aromatic N) is 5. The Balaban J connectivity index is 1.04. The van der Waals surface area contributed by atoms with Crippen molar-refractivity contribution in [3.63, 3.8) is 0 Å². The Morgan fingerprint density at radius 2 is 0.818 bits per heavy atom. The van der Waals surface area contributed by atoms with E-state index in [4.69, 9.17) is 13.1 Å². The summed E-state index contributed by atoms with van der Waals surface area (Å²) in [6.07, 6.45) is 0. The Morgan fingerprint density at radius 3 is 1.44 bits per heavy atom. The molecule has 3 aromatic heterocycles. The van der Waals surface area contributed by atoms with Gasteiger partial charge in [-0.25, -0.2) is 9.69 Å². The smallest absolute Gasteiger partial charge is 0.211 e. The number of aromatic nitrogens is 3. The van der Waals surface area contributed by atoms with E-state index >= 15 is 0 Å². The molecule has 11 aromatic rings. The van der Waals surface area contributed by atoms with E-state index in [1.54, 1.807) is 0 Å². The third-order valence-corrected chi connectivity index (χ3v) is 11.1. The predicted octanol–water partition coefficient (Wildman–Crippen LogP) is 13.7. The first-order valence-electron chi connectivity index (χ1n) is 18.3. The molecule has 0 saturated heterocycles. The van der Waals surface area contributed by atoms with Crippen LogP contribution in [0.5, 0.6) is 0 Å². The van der Waals surface area contributed by atoms with Crippen molar-refractivity contribution in [2.45, 2.75) is 0 Å². The van der Waals surface area contributed by atoms with Crippen LogP contribution in [-0.4, -0.2) is 13.7 Å². The minimum absolute atomic E-state index is 0.553. The molecule has 11 rings (SSSR count). The molecule has 8 aromatic carbocycles. The first kappa shape index (κ1) is 30.7. The molecule has 0 bridgehead atoms. The second-order valence-electron chi connectivity index (χ2n) is 13.9. The molecule has 0 fully saturated rings. The summed E-state index contributed by atoms with van der Waals surface area (Å²) in [7, 11) is 0. The largest absolute Gasteiger partial charge is 0.320 e. The molecule has 0 N–H and O–H groups in total. The lowest BCUT2D eigenvalue weighted by Crippen LogP contribution is -1.97. The van der Waals surface area contributed by atoms with Crippen molar-refractivity contribution in [2.75, 3.05) is 0 Å². The highest BCUT2D eigenvalue weighted by atomic mass is 15.0. The Hall–Kier alpha value is -7.86. The van der Waals surface area contributed by atoms with Gasteiger partial charge < -0.3 is 13.7 Å². The summed E-state index contributed by atoms with van der Waals surface area (Å²) in [5.41, 5.74) is 12.7. The number of para-hydroxylation sites is 4. The van der Waals surface area contributed by atoms with Gasteiger partial charge in [0.05, 0.1) is 46.4 Å². The average molecular weight is 700 g/mol. The van der Waals surface area contributed by atoms with Crippen molar-refractivity contribution in [2.24, 2.45) is 0 Å². The van der Waals surface area contributed by atoms with Gasteiger partial charge in [-0.2, -0.15) is 0 Å². The highest BCUT2D eigenvalue weighted by Gasteiger charge is 2.19. The Labute approximate surface area is 316 Å². The fourth-order valence-corrected chi connectivity index (χ4v) is 8.71. The molecule has 0 radical (unpaired) electrons. The Kier molecular flexibility index (Phi) is 6.61. The molecule has 5 nitrogen and oxygen atoms in total. The van der Waals surface area contributed by atoms with Gasteiger partial charge in [-0.05, 0) is 83.2 Å². The zero-order chi connectivity index (χ0) is 36.6. The van der Waals surface area contributed by atoms with E-state index in [1.807, 2.05) is 42.5 Å². The minimum atomic E-state index is 0.553. The summed E-state index contributed by atoms with van der Waals surface area (Å²) in [5, 5.41) is 6.82. The van der Waals surface area contributed by atoms with E-state index in [9.17, 15) is 0 Å². The number of hydrogen-bond donors (Lipinski definition) is 0. The minimum Gasteiger partial charge on any atom is -0.320 e. The lowest BCUT2D eigenvalue weighted by molar-refractivity contribution is 1.15. The van der Waals surface area contributed by atoms with Crippen LogP contribution in [0.15, 0.2) is 176 Å². The standard InChI is InChI=1S/C50H29N5/c1-51-41-16-11-21-48-50(41)40-15-6-10-20-46(40)55(48)47-29-24-33(30-42(47)52-2)32-22-25-34(26-23-32)53-43-17-7-5-14-38(43)39-28-27-35(31-49(39)53)54-44-18-8-3-12-36(44)37-13-4-9-19-45(37)54/h3-31H. The van der Waals surface area contributed by atoms with E-state index < -0.39 is 0 Å². The van der Waals surface area contributed by atoms with E-state index in [2.05, 4.69) is 157 Å². The van der Waals surface area contributed by atoms with Crippen LogP contribution < -0.4 is 0 Å². The summed E-state index contributed by atoms with van der Waals surface area (Å²) in [6, 6.07) is 61.4.